The molecule has 304 valence electrons. The summed E-state index contributed by atoms with van der Waals surface area (Å²) in [5, 5.41) is 0.233. The summed E-state index contributed by atoms with van der Waals surface area (Å²) in [5.74, 6) is 1.81. The molecule has 16 heteroatoms. The van der Waals surface area contributed by atoms with Gasteiger partial charge in [-0.15, -0.1) is 0 Å². The highest BCUT2D eigenvalue weighted by atomic mass is 35.5. The summed E-state index contributed by atoms with van der Waals surface area (Å²) in [6.07, 6.45) is 0. The molecular weight excluding hydrogens is 756 g/mol. The van der Waals surface area contributed by atoms with Crippen LogP contribution in [0.4, 0.5) is 11.6 Å². The average Bonchev–Trinajstić information content (AvgIpc) is 3.18. The molecular formula is C42H51ClN12O3. The van der Waals surface area contributed by atoms with Crippen molar-refractivity contribution >= 4 is 45.6 Å². The van der Waals surface area contributed by atoms with E-state index in [1.807, 2.05) is 48.3 Å². The standard InChI is InChI=1S/C21H25ClN6O.C21H26N6O2/c1-21(2,3)14-7-5-13(6-8-14)17-24-18-15(20(29)26-17)23-16(22)19(25-18)28-11-9-27(4)10-12-28;1-21(2,3)14-7-5-13(6-8-14)16-23-17-15(19(28)25-16)22-20(29)18(24-17)27-11-9-26(4)10-12-27/h5-8H,9-12H2,1-4H3,(H,24,25,26,29);5-8H,9-12H2,1-4H3,(H,22,29)(H,23,24,25,28). The minimum absolute atomic E-state index is 0.0429. The van der Waals surface area contributed by atoms with Gasteiger partial charge in [0.1, 0.15) is 11.6 Å². The number of halogens is 1. The Kier molecular flexibility index (Phi) is 11.2. The molecule has 6 heterocycles. The zero-order valence-electron chi connectivity index (χ0n) is 34.4. The van der Waals surface area contributed by atoms with Crippen LogP contribution in [-0.2, 0) is 10.8 Å². The molecule has 0 bridgehead atoms. The Hall–Kier alpha value is -5.51. The fourth-order valence-electron chi connectivity index (χ4n) is 6.89. The van der Waals surface area contributed by atoms with Gasteiger partial charge in [0.05, 0.1) is 0 Å². The molecule has 2 saturated heterocycles. The van der Waals surface area contributed by atoms with Crippen molar-refractivity contribution in [2.45, 2.75) is 52.4 Å². The lowest BCUT2D eigenvalue weighted by Crippen LogP contribution is -2.46. The lowest BCUT2D eigenvalue weighted by Gasteiger charge is -2.33. The van der Waals surface area contributed by atoms with Crippen LogP contribution in [0.25, 0.3) is 45.1 Å². The number of hydrogen-bond acceptors (Lipinski definition) is 12. The molecule has 0 aliphatic carbocycles. The van der Waals surface area contributed by atoms with Crippen molar-refractivity contribution in [3.8, 4) is 22.8 Å². The summed E-state index contributed by atoms with van der Waals surface area (Å²) in [7, 11) is 4.14. The summed E-state index contributed by atoms with van der Waals surface area (Å²) in [6.45, 7) is 19.5. The van der Waals surface area contributed by atoms with Crippen LogP contribution < -0.4 is 26.5 Å². The Morgan fingerprint density at radius 2 is 0.948 bits per heavy atom. The molecule has 6 aromatic rings. The number of nitrogens with one attached hydrogen (secondary N) is 3. The van der Waals surface area contributed by atoms with E-state index in [2.05, 4.69) is 115 Å². The Labute approximate surface area is 341 Å². The number of aromatic nitrogens is 8. The number of nitrogens with zero attached hydrogens (tertiary/aromatic N) is 9. The van der Waals surface area contributed by atoms with Gasteiger partial charge < -0.3 is 34.6 Å². The van der Waals surface area contributed by atoms with Crippen LogP contribution in [0.15, 0.2) is 62.9 Å². The van der Waals surface area contributed by atoms with Gasteiger partial charge in [-0.3, -0.25) is 14.4 Å². The molecule has 58 heavy (non-hydrogen) atoms. The number of aromatic amines is 3. The van der Waals surface area contributed by atoms with Crippen LogP contribution in [0.2, 0.25) is 5.15 Å². The van der Waals surface area contributed by atoms with E-state index in [0.717, 1.165) is 50.4 Å². The fraction of sp³-hybridized carbons (Fsp3) is 0.429. The second kappa shape index (κ2) is 16.0. The van der Waals surface area contributed by atoms with E-state index in [1.54, 1.807) is 0 Å². The normalized spacial score (nSPS) is 15.8. The van der Waals surface area contributed by atoms with Crippen molar-refractivity contribution in [2.75, 3.05) is 76.3 Å². The third kappa shape index (κ3) is 8.81. The van der Waals surface area contributed by atoms with Gasteiger partial charge in [0.2, 0.25) is 0 Å². The maximum Gasteiger partial charge on any atom is 0.291 e. The van der Waals surface area contributed by atoms with Crippen molar-refractivity contribution in [3.05, 3.63) is 95.9 Å². The predicted octanol–water partition coefficient (Wildman–Crippen LogP) is 4.81. The summed E-state index contributed by atoms with van der Waals surface area (Å²) in [6, 6.07) is 16.0. The van der Waals surface area contributed by atoms with Gasteiger partial charge in [-0.1, -0.05) is 102 Å². The molecule has 2 aromatic carbocycles. The van der Waals surface area contributed by atoms with E-state index < -0.39 is 5.56 Å². The minimum atomic E-state index is -0.403. The molecule has 2 aliphatic heterocycles. The van der Waals surface area contributed by atoms with Crippen LogP contribution in [0.5, 0.6) is 0 Å². The van der Waals surface area contributed by atoms with Crippen molar-refractivity contribution in [3.63, 3.8) is 0 Å². The average molecular weight is 807 g/mol. The Morgan fingerprint density at radius 1 is 0.517 bits per heavy atom. The number of piperazine rings is 2. The highest BCUT2D eigenvalue weighted by molar-refractivity contribution is 6.32. The van der Waals surface area contributed by atoms with Gasteiger partial charge >= 0.3 is 0 Å². The van der Waals surface area contributed by atoms with E-state index in [-0.39, 0.29) is 43.8 Å². The lowest BCUT2D eigenvalue weighted by atomic mass is 9.86. The summed E-state index contributed by atoms with van der Waals surface area (Å²) >= 11 is 6.35. The number of rotatable bonds is 4. The smallest absolute Gasteiger partial charge is 0.291 e. The number of anilines is 2. The molecule has 0 saturated carbocycles. The van der Waals surface area contributed by atoms with E-state index in [4.69, 9.17) is 11.6 Å². The van der Waals surface area contributed by atoms with Gasteiger partial charge in [-0.2, -0.15) is 0 Å². The number of benzene rings is 2. The summed E-state index contributed by atoms with van der Waals surface area (Å²) < 4.78 is 0. The Morgan fingerprint density at radius 3 is 1.43 bits per heavy atom. The van der Waals surface area contributed by atoms with Gasteiger partial charge in [-0.05, 0) is 36.1 Å². The maximum absolute atomic E-state index is 12.6. The molecule has 0 spiro atoms. The SMILES string of the molecule is CN1CCN(c2nc3nc(-c4ccc(C(C)(C)C)cc4)[nH]c(=O)c3[nH]c2=O)CC1.CN1CCN(c2nc3nc(-c4ccc(C(C)(C)C)cc4)[nH]c(=O)c3nc2Cl)CC1. The molecule has 0 amide bonds. The second-order valence-electron chi connectivity index (χ2n) is 17.2. The molecule has 8 rings (SSSR count). The highest BCUT2D eigenvalue weighted by Crippen LogP contribution is 2.28. The zero-order valence-corrected chi connectivity index (χ0v) is 35.2. The van der Waals surface area contributed by atoms with Gasteiger partial charge in [0.15, 0.2) is 39.1 Å². The van der Waals surface area contributed by atoms with Gasteiger partial charge in [0.25, 0.3) is 16.7 Å². The zero-order chi connectivity index (χ0) is 41.5. The quantitative estimate of drug-likeness (QED) is 0.222. The first-order chi connectivity index (χ1) is 27.4. The first-order valence-corrected chi connectivity index (χ1v) is 19.9. The van der Waals surface area contributed by atoms with Crippen LogP contribution in [0.1, 0.15) is 52.7 Å². The third-order valence-electron chi connectivity index (χ3n) is 10.7. The van der Waals surface area contributed by atoms with Crippen LogP contribution in [0, 0.1) is 0 Å². The van der Waals surface area contributed by atoms with Gasteiger partial charge in [-0.25, -0.2) is 24.9 Å². The molecule has 15 nitrogen and oxygen atoms in total. The number of likely N-dealkylation sites (N-methyl/N-ethyl adjacent to an activating group) is 2. The molecule has 0 radical (unpaired) electrons. The molecule has 2 fully saturated rings. The van der Waals surface area contributed by atoms with Gasteiger partial charge in [0, 0.05) is 63.5 Å². The topological polar surface area (TPSA) is 176 Å². The molecule has 3 N–H and O–H groups in total. The molecule has 0 atom stereocenters. The van der Waals surface area contributed by atoms with E-state index in [9.17, 15) is 14.4 Å². The van der Waals surface area contributed by atoms with Crippen LogP contribution >= 0.6 is 11.6 Å². The van der Waals surface area contributed by atoms with Crippen molar-refractivity contribution in [1.82, 2.24) is 49.7 Å². The predicted molar refractivity (Wildman–Crippen MR) is 231 cm³/mol. The monoisotopic (exact) mass is 806 g/mol. The third-order valence-corrected chi connectivity index (χ3v) is 10.9. The Bertz CT molecular complexity index is 2610. The fourth-order valence-corrected chi connectivity index (χ4v) is 7.13. The number of H-pyrrole nitrogens is 3. The van der Waals surface area contributed by atoms with E-state index >= 15 is 0 Å². The maximum atomic E-state index is 12.6. The lowest BCUT2D eigenvalue weighted by molar-refractivity contribution is 0.312. The highest BCUT2D eigenvalue weighted by Gasteiger charge is 2.23. The van der Waals surface area contributed by atoms with Crippen molar-refractivity contribution < 1.29 is 0 Å². The summed E-state index contributed by atoms with van der Waals surface area (Å²) in [5.41, 5.74) is 3.84. The summed E-state index contributed by atoms with van der Waals surface area (Å²) in [4.78, 5) is 76.9. The van der Waals surface area contributed by atoms with Crippen LogP contribution in [-0.4, -0.2) is 116 Å². The van der Waals surface area contributed by atoms with Crippen molar-refractivity contribution in [2.24, 2.45) is 0 Å². The first kappa shape index (κ1) is 40.7. The first-order valence-electron chi connectivity index (χ1n) is 19.6. The number of fused-ring (bicyclic) bond motifs is 2. The number of hydrogen-bond donors (Lipinski definition) is 3. The molecule has 0 unspecified atom stereocenters. The molecule has 4 aromatic heterocycles. The largest absolute Gasteiger partial charge is 0.351 e. The van der Waals surface area contributed by atoms with Crippen LogP contribution in [0.3, 0.4) is 0 Å². The van der Waals surface area contributed by atoms with Crippen molar-refractivity contribution in [1.29, 1.82) is 0 Å². The van der Waals surface area contributed by atoms with E-state index in [1.165, 1.54) is 11.1 Å². The molecule has 2 aliphatic rings. The second-order valence-corrected chi connectivity index (χ2v) is 17.5. The minimum Gasteiger partial charge on any atom is -0.351 e. The van der Waals surface area contributed by atoms with E-state index in [0.29, 0.717) is 42.0 Å². The Balaban J connectivity index is 0.000000177.